The lowest BCUT2D eigenvalue weighted by Crippen LogP contribution is -2.54. The summed E-state index contributed by atoms with van der Waals surface area (Å²) in [7, 11) is 0. The summed E-state index contributed by atoms with van der Waals surface area (Å²) < 4.78 is 5.40. The van der Waals surface area contributed by atoms with Gasteiger partial charge in [0.25, 0.3) is 11.8 Å². The van der Waals surface area contributed by atoms with E-state index in [2.05, 4.69) is 10.6 Å². The Labute approximate surface area is 208 Å². The number of likely N-dealkylation sites (tertiary alicyclic amines) is 1. The number of hydrogen-bond donors (Lipinski definition) is 2. The van der Waals surface area contributed by atoms with Gasteiger partial charge in [0.1, 0.15) is 11.6 Å². The first-order valence-electron chi connectivity index (χ1n) is 12.1. The van der Waals surface area contributed by atoms with E-state index in [1.165, 1.54) is 6.07 Å². The minimum Gasteiger partial charge on any atom is -0.444 e. The van der Waals surface area contributed by atoms with Crippen molar-refractivity contribution in [2.24, 2.45) is 5.92 Å². The van der Waals surface area contributed by atoms with E-state index < -0.39 is 35.3 Å². The van der Waals surface area contributed by atoms with E-state index in [0.29, 0.717) is 25.9 Å². The lowest BCUT2D eigenvalue weighted by Gasteiger charge is -2.33. The minimum absolute atomic E-state index is 0.0279. The van der Waals surface area contributed by atoms with Gasteiger partial charge < -0.3 is 15.0 Å². The van der Waals surface area contributed by atoms with Crippen molar-refractivity contribution >= 4 is 41.3 Å². The standard InChI is InChI=1S/C25H30N4O7/c1-25(2,3)36-24(35)28-11-9-14(10-12-28)13-19(31)26-16-6-4-5-15-20(16)23(34)29(22(15)33)17-7-8-18(30)27-21(17)32/h4-6,14,17H,7-13H2,1-3H3,(H,26,31)(H,27,30,32). The smallest absolute Gasteiger partial charge is 0.410 e. The van der Waals surface area contributed by atoms with Gasteiger partial charge >= 0.3 is 6.09 Å². The number of carbonyl (C=O) groups is 6. The average Bonchev–Trinajstić information content (AvgIpc) is 3.04. The van der Waals surface area contributed by atoms with Gasteiger partial charge in [-0.3, -0.25) is 34.2 Å². The van der Waals surface area contributed by atoms with Crippen LogP contribution < -0.4 is 10.6 Å². The van der Waals surface area contributed by atoms with Gasteiger partial charge in [0, 0.05) is 25.9 Å². The minimum atomic E-state index is -1.08. The van der Waals surface area contributed by atoms with Crippen LogP contribution in [0.1, 0.15) is 73.6 Å². The summed E-state index contributed by atoms with van der Waals surface area (Å²) in [6, 6.07) is 3.51. The summed E-state index contributed by atoms with van der Waals surface area (Å²) in [5, 5.41) is 4.91. The predicted molar refractivity (Wildman–Crippen MR) is 127 cm³/mol. The molecular formula is C25H30N4O7. The monoisotopic (exact) mass is 498 g/mol. The van der Waals surface area contributed by atoms with Gasteiger partial charge in [0.05, 0.1) is 16.8 Å². The molecule has 1 aromatic carbocycles. The van der Waals surface area contributed by atoms with Crippen LogP contribution in [-0.4, -0.2) is 70.2 Å². The van der Waals surface area contributed by atoms with E-state index in [0.717, 1.165) is 4.90 Å². The van der Waals surface area contributed by atoms with Gasteiger partial charge in [-0.2, -0.15) is 0 Å². The zero-order valence-corrected chi connectivity index (χ0v) is 20.6. The maximum Gasteiger partial charge on any atom is 0.410 e. The first-order chi connectivity index (χ1) is 16.9. The lowest BCUT2D eigenvalue weighted by molar-refractivity contribution is -0.136. The van der Waals surface area contributed by atoms with Gasteiger partial charge in [-0.05, 0) is 58.1 Å². The molecule has 2 saturated heterocycles. The Balaban J connectivity index is 1.38. The molecule has 0 bridgehead atoms. The number of piperidine rings is 2. The molecule has 11 heteroatoms. The van der Waals surface area contributed by atoms with Crippen molar-refractivity contribution in [3.8, 4) is 0 Å². The highest BCUT2D eigenvalue weighted by Crippen LogP contribution is 2.33. The molecule has 0 aliphatic carbocycles. The fourth-order valence-electron chi connectivity index (χ4n) is 4.73. The highest BCUT2D eigenvalue weighted by molar-refractivity contribution is 6.26. The van der Waals surface area contributed by atoms with Crippen molar-refractivity contribution in [2.45, 2.75) is 64.5 Å². The van der Waals surface area contributed by atoms with Gasteiger partial charge in [-0.1, -0.05) is 6.07 Å². The van der Waals surface area contributed by atoms with E-state index >= 15 is 0 Å². The van der Waals surface area contributed by atoms with E-state index in [1.807, 2.05) is 20.8 Å². The number of nitrogens with zero attached hydrogens (tertiary/aromatic N) is 2. The number of ether oxygens (including phenoxy) is 1. The number of hydrogen-bond acceptors (Lipinski definition) is 7. The van der Waals surface area contributed by atoms with Gasteiger partial charge in [-0.15, -0.1) is 0 Å². The fraction of sp³-hybridized carbons (Fsp3) is 0.520. The summed E-state index contributed by atoms with van der Waals surface area (Å²) in [4.78, 5) is 77.4. The van der Waals surface area contributed by atoms with Crippen LogP contribution in [0, 0.1) is 5.92 Å². The normalized spacial score (nSPS) is 20.8. The van der Waals surface area contributed by atoms with Crippen LogP contribution in [-0.2, 0) is 19.1 Å². The second kappa shape index (κ2) is 9.71. The molecule has 192 valence electrons. The number of fused-ring (bicyclic) bond motifs is 1. The van der Waals surface area contributed by atoms with Gasteiger partial charge in [-0.25, -0.2) is 4.79 Å². The van der Waals surface area contributed by atoms with E-state index in [-0.39, 0.29) is 54.0 Å². The molecule has 3 aliphatic rings. The lowest BCUT2D eigenvalue weighted by atomic mass is 9.93. The third-order valence-electron chi connectivity index (χ3n) is 6.48. The molecule has 2 N–H and O–H groups in total. The van der Waals surface area contributed by atoms with Crippen LogP contribution in [0.2, 0.25) is 0 Å². The number of nitrogens with one attached hydrogen (secondary N) is 2. The Bertz CT molecular complexity index is 1130. The number of carbonyl (C=O) groups excluding carboxylic acids is 6. The third-order valence-corrected chi connectivity index (χ3v) is 6.48. The topological polar surface area (TPSA) is 142 Å². The van der Waals surface area contributed by atoms with Crippen molar-refractivity contribution in [3.63, 3.8) is 0 Å². The van der Waals surface area contributed by atoms with Crippen molar-refractivity contribution < 1.29 is 33.5 Å². The molecule has 1 aromatic rings. The number of benzene rings is 1. The van der Waals surface area contributed by atoms with E-state index in [9.17, 15) is 28.8 Å². The SMILES string of the molecule is CC(C)(C)OC(=O)N1CCC(CC(=O)Nc2cccc3c2C(=O)N(C2CCC(=O)NC2=O)C3=O)CC1. The Hall–Kier alpha value is -3.76. The van der Waals surface area contributed by atoms with Crippen LogP contribution in [0.15, 0.2) is 18.2 Å². The molecule has 6 amide bonds. The van der Waals surface area contributed by atoms with Crippen molar-refractivity contribution in [3.05, 3.63) is 29.3 Å². The number of amides is 6. The highest BCUT2D eigenvalue weighted by atomic mass is 16.6. The van der Waals surface area contributed by atoms with Crippen molar-refractivity contribution in [1.82, 2.24) is 15.1 Å². The summed E-state index contributed by atoms with van der Waals surface area (Å²) in [5.41, 5.74) is -0.221. The van der Waals surface area contributed by atoms with Crippen LogP contribution in [0.4, 0.5) is 10.5 Å². The summed E-state index contributed by atoms with van der Waals surface area (Å²) in [6.45, 7) is 6.41. The first-order valence-corrected chi connectivity index (χ1v) is 12.1. The molecule has 4 rings (SSSR count). The summed E-state index contributed by atoms with van der Waals surface area (Å²) >= 11 is 0. The second-order valence-corrected chi connectivity index (χ2v) is 10.3. The van der Waals surface area contributed by atoms with Crippen molar-refractivity contribution in [2.75, 3.05) is 18.4 Å². The molecule has 0 saturated carbocycles. The average molecular weight is 499 g/mol. The van der Waals surface area contributed by atoms with Gasteiger partial charge in [0.15, 0.2) is 0 Å². The largest absolute Gasteiger partial charge is 0.444 e. The maximum absolute atomic E-state index is 13.2. The number of rotatable bonds is 4. The molecule has 1 atom stereocenters. The molecule has 36 heavy (non-hydrogen) atoms. The van der Waals surface area contributed by atoms with Gasteiger partial charge in [0.2, 0.25) is 17.7 Å². The number of imide groups is 2. The quantitative estimate of drug-likeness (QED) is 0.605. The Morgan fingerprint density at radius 1 is 1.06 bits per heavy atom. The van der Waals surface area contributed by atoms with Crippen molar-refractivity contribution in [1.29, 1.82) is 0 Å². The molecule has 3 aliphatic heterocycles. The molecule has 2 fully saturated rings. The Morgan fingerprint density at radius 2 is 1.75 bits per heavy atom. The van der Waals surface area contributed by atoms with Crippen LogP contribution in [0.25, 0.3) is 0 Å². The van der Waals surface area contributed by atoms with Crippen LogP contribution in [0.3, 0.4) is 0 Å². The molecule has 0 aromatic heterocycles. The van der Waals surface area contributed by atoms with E-state index in [1.54, 1.807) is 17.0 Å². The second-order valence-electron chi connectivity index (χ2n) is 10.3. The van der Waals surface area contributed by atoms with E-state index in [4.69, 9.17) is 4.74 Å². The molecule has 1 unspecified atom stereocenters. The molecule has 0 spiro atoms. The summed E-state index contributed by atoms with van der Waals surface area (Å²) in [5.74, 6) is -2.69. The molecule has 11 nitrogen and oxygen atoms in total. The predicted octanol–water partition coefficient (Wildman–Crippen LogP) is 2.06. The maximum atomic E-state index is 13.2. The highest BCUT2D eigenvalue weighted by Gasteiger charge is 2.45. The summed E-state index contributed by atoms with van der Waals surface area (Å²) in [6.07, 6.45) is 1.19. The molecule has 0 radical (unpaired) electrons. The molecular weight excluding hydrogens is 468 g/mol. The van der Waals surface area contributed by atoms with Crippen LogP contribution in [0.5, 0.6) is 0 Å². The first kappa shape index (κ1) is 25.3. The fourth-order valence-corrected chi connectivity index (χ4v) is 4.73. The number of anilines is 1. The zero-order chi connectivity index (χ0) is 26.2. The van der Waals surface area contributed by atoms with Crippen LogP contribution >= 0.6 is 0 Å². The molecule has 3 heterocycles. The Kier molecular flexibility index (Phi) is 6.83. The Morgan fingerprint density at radius 3 is 2.39 bits per heavy atom. The third kappa shape index (κ3) is 5.24. The zero-order valence-electron chi connectivity index (χ0n) is 20.6.